The fourth-order valence-electron chi connectivity index (χ4n) is 7.15. The highest BCUT2D eigenvalue weighted by molar-refractivity contribution is 5.95. The number of unbranched alkanes of at least 4 members (excludes halogenated alkanes) is 1. The van der Waals surface area contributed by atoms with Gasteiger partial charge in [0, 0.05) is 56.2 Å². The highest BCUT2D eigenvalue weighted by atomic mass is 19.1. The van der Waals surface area contributed by atoms with Crippen molar-refractivity contribution in [3.05, 3.63) is 95.9 Å². The summed E-state index contributed by atoms with van der Waals surface area (Å²) in [5, 5.41) is 11.7. The molecule has 13 nitrogen and oxygen atoms in total. The number of aromatic nitrogens is 3. The van der Waals surface area contributed by atoms with E-state index in [1.54, 1.807) is 9.47 Å². The molecular formula is C39H48F2N6O7. The Balaban J connectivity index is 1.08. The lowest BCUT2D eigenvalue weighted by molar-refractivity contribution is 0.0256. The number of nitrogens with zero attached hydrogens (tertiary/aromatic N) is 4. The van der Waals surface area contributed by atoms with Gasteiger partial charge in [-0.25, -0.2) is 18.4 Å². The van der Waals surface area contributed by atoms with Gasteiger partial charge in [0.2, 0.25) is 5.43 Å². The topological polar surface area (TPSA) is 151 Å². The van der Waals surface area contributed by atoms with Crippen molar-refractivity contribution in [3.63, 3.8) is 0 Å². The van der Waals surface area contributed by atoms with Gasteiger partial charge in [0.1, 0.15) is 29.5 Å². The number of esters is 1. The molecule has 1 atom stereocenters. The molecule has 0 radical (unpaired) electrons. The highest BCUT2D eigenvalue weighted by Crippen LogP contribution is 2.40. The van der Waals surface area contributed by atoms with Gasteiger partial charge in [-0.1, -0.05) is 13.0 Å². The third-order valence-electron chi connectivity index (χ3n) is 10.2. The van der Waals surface area contributed by atoms with Crippen LogP contribution in [0, 0.1) is 18.6 Å². The number of benzene rings is 2. The Kier molecular flexibility index (Phi) is 12.3. The van der Waals surface area contributed by atoms with E-state index in [-0.39, 0.29) is 67.2 Å². The maximum Gasteiger partial charge on any atom is 0.343 e. The SMILES string of the molecule is CCc1cc(Nc2cc(=O)n(CCCCN3CCN(c4c(F)cc5c(=O)c(C(=O)OCCOCCO)cn(C6CC6)c5c4F)C[C@H]3C)c(=O)[nH]2)ccc1C. The second kappa shape index (κ2) is 17.1. The minimum absolute atomic E-state index is 0.0273. The Morgan fingerprint density at radius 3 is 2.52 bits per heavy atom. The number of hydrogen-bond acceptors (Lipinski definition) is 10. The van der Waals surface area contributed by atoms with Gasteiger partial charge in [-0.2, -0.15) is 0 Å². The Bertz CT molecular complexity index is 2150. The van der Waals surface area contributed by atoms with Crippen LogP contribution in [-0.4, -0.2) is 88.7 Å². The third kappa shape index (κ3) is 8.58. The average Bonchev–Trinajstić information content (AvgIpc) is 3.98. The van der Waals surface area contributed by atoms with Crippen LogP contribution in [-0.2, 0) is 22.4 Å². The number of aromatic amines is 1. The molecule has 290 valence electrons. The zero-order valence-corrected chi connectivity index (χ0v) is 31.0. The van der Waals surface area contributed by atoms with Gasteiger partial charge in [0.15, 0.2) is 5.82 Å². The number of hydrogen-bond donors (Lipinski definition) is 3. The van der Waals surface area contributed by atoms with Crippen LogP contribution >= 0.6 is 0 Å². The number of ether oxygens (including phenoxy) is 2. The summed E-state index contributed by atoms with van der Waals surface area (Å²) in [6, 6.07) is 8.10. The zero-order valence-electron chi connectivity index (χ0n) is 31.0. The van der Waals surface area contributed by atoms with Crippen molar-refractivity contribution in [2.75, 3.05) is 62.8 Å². The van der Waals surface area contributed by atoms with Crippen LogP contribution < -0.4 is 26.9 Å². The van der Waals surface area contributed by atoms with Gasteiger partial charge in [0.25, 0.3) is 5.56 Å². The summed E-state index contributed by atoms with van der Waals surface area (Å²) >= 11 is 0. The number of halogens is 2. The number of carbonyl (C=O) groups excluding carboxylic acids is 1. The Labute approximate surface area is 311 Å². The van der Waals surface area contributed by atoms with E-state index in [9.17, 15) is 19.2 Å². The van der Waals surface area contributed by atoms with Crippen LogP contribution in [0.2, 0.25) is 0 Å². The lowest BCUT2D eigenvalue weighted by atomic mass is 10.1. The van der Waals surface area contributed by atoms with Crippen LogP contribution in [0.25, 0.3) is 10.9 Å². The second-order valence-electron chi connectivity index (χ2n) is 14.0. The van der Waals surface area contributed by atoms with Gasteiger partial charge in [-0.3, -0.25) is 24.0 Å². The van der Waals surface area contributed by atoms with Crippen LogP contribution in [0.3, 0.4) is 0 Å². The molecule has 3 N–H and O–H groups in total. The van der Waals surface area contributed by atoms with Crippen molar-refractivity contribution in [2.24, 2.45) is 0 Å². The third-order valence-corrected chi connectivity index (χ3v) is 10.2. The zero-order chi connectivity index (χ0) is 38.5. The summed E-state index contributed by atoms with van der Waals surface area (Å²) in [4.78, 5) is 58.5. The van der Waals surface area contributed by atoms with E-state index in [0.717, 1.165) is 31.0 Å². The van der Waals surface area contributed by atoms with E-state index >= 15 is 8.78 Å². The number of rotatable bonds is 16. The first-order valence-corrected chi connectivity index (χ1v) is 18.6. The van der Waals surface area contributed by atoms with Gasteiger partial charge in [-0.05, 0) is 81.8 Å². The number of H-pyrrole nitrogens is 1. The molecule has 0 spiro atoms. The molecule has 1 aliphatic heterocycles. The van der Waals surface area contributed by atoms with E-state index in [1.807, 2.05) is 32.0 Å². The molecule has 0 unspecified atom stereocenters. The van der Waals surface area contributed by atoms with Gasteiger partial charge < -0.3 is 29.4 Å². The summed E-state index contributed by atoms with van der Waals surface area (Å²) < 4.78 is 45.2. The first-order valence-electron chi connectivity index (χ1n) is 18.6. The number of carbonyl (C=O) groups is 1. The Morgan fingerprint density at radius 2 is 1.81 bits per heavy atom. The number of fused-ring (bicyclic) bond motifs is 1. The fourth-order valence-corrected chi connectivity index (χ4v) is 7.15. The predicted octanol–water partition coefficient (Wildman–Crippen LogP) is 4.24. The monoisotopic (exact) mass is 750 g/mol. The maximum atomic E-state index is 16.4. The van der Waals surface area contributed by atoms with Crippen LogP contribution in [0.15, 0.2) is 50.9 Å². The summed E-state index contributed by atoms with van der Waals surface area (Å²) in [6.45, 7) is 8.00. The number of aliphatic hydroxyl groups is 1. The summed E-state index contributed by atoms with van der Waals surface area (Å²) in [7, 11) is 0. The molecular weight excluding hydrogens is 702 g/mol. The molecule has 1 aliphatic carbocycles. The Hall–Kier alpha value is -4.86. The molecule has 0 bridgehead atoms. The molecule has 15 heteroatoms. The predicted molar refractivity (Wildman–Crippen MR) is 202 cm³/mol. The average molecular weight is 751 g/mol. The van der Waals surface area contributed by atoms with Crippen molar-refractivity contribution in [3.8, 4) is 0 Å². The molecule has 2 aliphatic rings. The standard InChI is InChI=1S/C39H48F2N6O7/c1-4-26-19-27(8-7-24(26)2)42-32-21-33(49)46(39(52)43-32)12-6-5-11-44-13-14-45(22-25(44)3)36-31(40)20-29-35(34(36)41)47(28-9-10-28)23-30(37(29)50)38(51)54-18-17-53-16-15-48/h7-8,19-21,23,25,28,42,48H,4-6,9-18,22H2,1-3H3,(H,43,52)/t25-/m1/s1. The van der Waals surface area contributed by atoms with Crippen LogP contribution in [0.4, 0.5) is 26.0 Å². The molecule has 0 amide bonds. The molecule has 4 aromatic rings. The smallest absolute Gasteiger partial charge is 0.343 e. The molecule has 2 fully saturated rings. The van der Waals surface area contributed by atoms with E-state index in [0.29, 0.717) is 44.8 Å². The first kappa shape index (κ1) is 38.9. The van der Waals surface area contributed by atoms with E-state index < -0.39 is 34.3 Å². The molecule has 2 aromatic heterocycles. The van der Waals surface area contributed by atoms with Crippen molar-refractivity contribution in [1.82, 2.24) is 19.0 Å². The lowest BCUT2D eigenvalue weighted by Crippen LogP contribution is -2.52. The molecule has 54 heavy (non-hydrogen) atoms. The van der Waals surface area contributed by atoms with Crippen LogP contribution in [0.5, 0.6) is 0 Å². The molecule has 6 rings (SSSR count). The fraction of sp³-hybridized carbons (Fsp3) is 0.487. The lowest BCUT2D eigenvalue weighted by Gasteiger charge is -2.41. The minimum Gasteiger partial charge on any atom is -0.459 e. The highest BCUT2D eigenvalue weighted by Gasteiger charge is 2.33. The molecule has 2 aromatic carbocycles. The number of aliphatic hydroxyl groups excluding tert-OH is 1. The Morgan fingerprint density at radius 1 is 1.04 bits per heavy atom. The second-order valence-corrected chi connectivity index (χ2v) is 14.0. The van der Waals surface area contributed by atoms with Crippen molar-refractivity contribution < 1.29 is 28.2 Å². The summed E-state index contributed by atoms with van der Waals surface area (Å²) in [6.07, 6.45) is 4.91. The van der Waals surface area contributed by atoms with E-state index in [4.69, 9.17) is 14.6 Å². The molecule has 3 heterocycles. The van der Waals surface area contributed by atoms with Crippen LogP contribution in [0.1, 0.15) is 67.1 Å². The summed E-state index contributed by atoms with van der Waals surface area (Å²) in [5.74, 6) is -2.30. The number of aryl methyl sites for hydroxylation is 2. The van der Waals surface area contributed by atoms with Gasteiger partial charge >= 0.3 is 11.7 Å². The quantitative estimate of drug-likeness (QED) is 0.112. The van der Waals surface area contributed by atoms with E-state index in [2.05, 4.69) is 22.1 Å². The molecule has 1 saturated heterocycles. The number of piperazine rings is 1. The first-order chi connectivity index (χ1) is 26.0. The number of anilines is 3. The number of pyridine rings is 1. The minimum atomic E-state index is -0.910. The summed E-state index contributed by atoms with van der Waals surface area (Å²) in [5.41, 5.74) is 0.899. The normalized spacial score (nSPS) is 16.3. The van der Waals surface area contributed by atoms with Crippen molar-refractivity contribution in [2.45, 2.75) is 71.5 Å². The van der Waals surface area contributed by atoms with Gasteiger partial charge in [-0.15, -0.1) is 0 Å². The van der Waals surface area contributed by atoms with Crippen molar-refractivity contribution in [1.29, 1.82) is 0 Å². The largest absolute Gasteiger partial charge is 0.459 e. The van der Waals surface area contributed by atoms with Crippen molar-refractivity contribution >= 4 is 34.1 Å². The molecule has 1 saturated carbocycles. The maximum absolute atomic E-state index is 16.4. The van der Waals surface area contributed by atoms with Gasteiger partial charge in [0.05, 0.1) is 30.7 Å². The van der Waals surface area contributed by atoms with E-state index in [1.165, 1.54) is 28.0 Å². The number of nitrogens with one attached hydrogen (secondary N) is 2.